The standard InChI is InChI=1S/C13H18ClNS/c1-9-6-7-16-10(2)13(15-9)11-4-3-5-12(14)8-11/h3-5,8-10,13,15H,6-7H2,1-2H3. The van der Waals surface area contributed by atoms with Crippen molar-refractivity contribution < 1.29 is 0 Å². The predicted octanol–water partition coefficient (Wildman–Crippen LogP) is 3.88. The molecule has 1 aromatic rings. The van der Waals surface area contributed by atoms with Crippen molar-refractivity contribution in [1.29, 1.82) is 0 Å². The first-order valence-corrected chi connectivity index (χ1v) is 7.22. The van der Waals surface area contributed by atoms with E-state index in [0.29, 0.717) is 17.3 Å². The first-order valence-electron chi connectivity index (χ1n) is 5.80. The summed E-state index contributed by atoms with van der Waals surface area (Å²) in [4.78, 5) is 0. The Labute approximate surface area is 107 Å². The fourth-order valence-electron chi connectivity index (χ4n) is 2.12. The van der Waals surface area contributed by atoms with E-state index in [9.17, 15) is 0 Å². The van der Waals surface area contributed by atoms with Gasteiger partial charge in [0.25, 0.3) is 0 Å². The molecule has 0 aliphatic carbocycles. The van der Waals surface area contributed by atoms with Crippen molar-refractivity contribution in [2.45, 2.75) is 37.6 Å². The van der Waals surface area contributed by atoms with Gasteiger partial charge >= 0.3 is 0 Å². The third-order valence-electron chi connectivity index (χ3n) is 3.07. The topological polar surface area (TPSA) is 12.0 Å². The molecule has 0 amide bonds. The summed E-state index contributed by atoms with van der Waals surface area (Å²) in [5, 5.41) is 5.12. The minimum Gasteiger partial charge on any atom is -0.306 e. The molecule has 3 unspecified atom stereocenters. The summed E-state index contributed by atoms with van der Waals surface area (Å²) in [6.45, 7) is 4.55. The van der Waals surface area contributed by atoms with Crippen LogP contribution >= 0.6 is 23.4 Å². The van der Waals surface area contributed by atoms with Gasteiger partial charge in [-0.25, -0.2) is 0 Å². The smallest absolute Gasteiger partial charge is 0.0440 e. The Morgan fingerprint density at radius 3 is 2.94 bits per heavy atom. The molecular weight excluding hydrogens is 238 g/mol. The molecule has 1 nitrogen and oxygen atoms in total. The lowest BCUT2D eigenvalue weighted by molar-refractivity contribution is 0.456. The maximum Gasteiger partial charge on any atom is 0.0440 e. The molecule has 1 aromatic carbocycles. The fraction of sp³-hybridized carbons (Fsp3) is 0.538. The average molecular weight is 256 g/mol. The van der Waals surface area contributed by atoms with Crippen molar-refractivity contribution in [3.8, 4) is 0 Å². The largest absolute Gasteiger partial charge is 0.306 e. The van der Waals surface area contributed by atoms with Gasteiger partial charge in [0.05, 0.1) is 0 Å². The SMILES string of the molecule is CC1CCSC(C)C(c2cccc(Cl)c2)N1. The van der Waals surface area contributed by atoms with Gasteiger partial charge in [-0.2, -0.15) is 11.8 Å². The fourth-order valence-corrected chi connectivity index (χ4v) is 3.61. The highest BCUT2D eigenvalue weighted by atomic mass is 35.5. The van der Waals surface area contributed by atoms with Crippen LogP contribution in [0.4, 0.5) is 0 Å². The quantitative estimate of drug-likeness (QED) is 0.817. The Bertz CT molecular complexity index is 356. The Morgan fingerprint density at radius 2 is 2.19 bits per heavy atom. The molecule has 1 saturated heterocycles. The summed E-state index contributed by atoms with van der Waals surface area (Å²) in [5.74, 6) is 1.24. The van der Waals surface area contributed by atoms with E-state index in [0.717, 1.165) is 5.02 Å². The van der Waals surface area contributed by atoms with Gasteiger partial charge in [-0.15, -0.1) is 0 Å². The highest BCUT2D eigenvalue weighted by molar-refractivity contribution is 7.99. The van der Waals surface area contributed by atoms with E-state index in [-0.39, 0.29) is 0 Å². The minimum absolute atomic E-state index is 0.418. The van der Waals surface area contributed by atoms with Crippen LogP contribution in [-0.2, 0) is 0 Å². The molecule has 88 valence electrons. The Hall–Kier alpha value is -0.180. The zero-order valence-electron chi connectivity index (χ0n) is 9.74. The Kier molecular flexibility index (Phi) is 4.17. The van der Waals surface area contributed by atoms with Crippen LogP contribution in [0.1, 0.15) is 31.9 Å². The Balaban J connectivity index is 2.22. The van der Waals surface area contributed by atoms with E-state index in [1.54, 1.807) is 0 Å². The van der Waals surface area contributed by atoms with Crippen molar-refractivity contribution in [3.63, 3.8) is 0 Å². The highest BCUT2D eigenvalue weighted by Crippen LogP contribution is 2.31. The predicted molar refractivity (Wildman–Crippen MR) is 73.3 cm³/mol. The average Bonchev–Trinajstić information content (AvgIpc) is 2.41. The second kappa shape index (κ2) is 5.44. The number of benzene rings is 1. The Morgan fingerprint density at radius 1 is 1.38 bits per heavy atom. The third-order valence-corrected chi connectivity index (χ3v) is 4.58. The van der Waals surface area contributed by atoms with Crippen molar-refractivity contribution in [2.75, 3.05) is 5.75 Å². The van der Waals surface area contributed by atoms with Crippen LogP contribution in [0, 0.1) is 0 Å². The van der Waals surface area contributed by atoms with E-state index in [1.165, 1.54) is 17.7 Å². The van der Waals surface area contributed by atoms with Crippen LogP contribution in [0.2, 0.25) is 5.02 Å². The lowest BCUT2D eigenvalue weighted by Crippen LogP contribution is -2.33. The monoisotopic (exact) mass is 255 g/mol. The molecule has 0 spiro atoms. The lowest BCUT2D eigenvalue weighted by Gasteiger charge is -2.24. The first kappa shape index (κ1) is 12.3. The van der Waals surface area contributed by atoms with E-state index >= 15 is 0 Å². The zero-order chi connectivity index (χ0) is 11.5. The molecule has 16 heavy (non-hydrogen) atoms. The van der Waals surface area contributed by atoms with Crippen molar-refractivity contribution in [3.05, 3.63) is 34.9 Å². The van der Waals surface area contributed by atoms with Gasteiger partial charge in [0, 0.05) is 22.4 Å². The van der Waals surface area contributed by atoms with Gasteiger partial charge in [-0.1, -0.05) is 30.7 Å². The van der Waals surface area contributed by atoms with Crippen LogP contribution in [0.25, 0.3) is 0 Å². The van der Waals surface area contributed by atoms with Crippen LogP contribution < -0.4 is 5.32 Å². The second-order valence-electron chi connectivity index (χ2n) is 4.46. The molecule has 1 N–H and O–H groups in total. The summed E-state index contributed by atoms with van der Waals surface area (Å²) in [6.07, 6.45) is 1.24. The molecule has 0 bridgehead atoms. The van der Waals surface area contributed by atoms with Gasteiger partial charge in [-0.05, 0) is 36.8 Å². The van der Waals surface area contributed by atoms with Crippen LogP contribution in [-0.4, -0.2) is 17.0 Å². The van der Waals surface area contributed by atoms with Gasteiger partial charge in [0.1, 0.15) is 0 Å². The number of nitrogens with one attached hydrogen (secondary N) is 1. The lowest BCUT2D eigenvalue weighted by atomic mass is 10.0. The van der Waals surface area contributed by atoms with Crippen LogP contribution in [0.5, 0.6) is 0 Å². The molecule has 3 atom stereocenters. The molecule has 0 aromatic heterocycles. The maximum absolute atomic E-state index is 6.05. The summed E-state index contributed by atoms with van der Waals surface area (Å²) in [6, 6.07) is 9.21. The third kappa shape index (κ3) is 2.93. The highest BCUT2D eigenvalue weighted by Gasteiger charge is 2.24. The van der Waals surface area contributed by atoms with Crippen molar-refractivity contribution >= 4 is 23.4 Å². The molecule has 3 heteroatoms. The molecule has 2 rings (SSSR count). The van der Waals surface area contributed by atoms with Crippen LogP contribution in [0.3, 0.4) is 0 Å². The number of thioether (sulfide) groups is 1. The van der Waals surface area contributed by atoms with E-state index in [1.807, 2.05) is 23.9 Å². The summed E-state index contributed by atoms with van der Waals surface area (Å²) >= 11 is 8.10. The van der Waals surface area contributed by atoms with Crippen LogP contribution in [0.15, 0.2) is 24.3 Å². The zero-order valence-corrected chi connectivity index (χ0v) is 11.3. The number of hydrogen-bond acceptors (Lipinski definition) is 2. The first-order chi connectivity index (χ1) is 7.66. The second-order valence-corrected chi connectivity index (χ2v) is 6.39. The van der Waals surface area contributed by atoms with E-state index < -0.39 is 0 Å². The summed E-state index contributed by atoms with van der Waals surface area (Å²) < 4.78 is 0. The molecule has 0 saturated carbocycles. The molecule has 1 aliphatic rings. The number of halogens is 1. The maximum atomic E-state index is 6.05. The van der Waals surface area contributed by atoms with Crippen molar-refractivity contribution in [1.82, 2.24) is 5.32 Å². The molecule has 1 heterocycles. The number of hydrogen-bond donors (Lipinski definition) is 1. The minimum atomic E-state index is 0.418. The summed E-state index contributed by atoms with van der Waals surface area (Å²) in [7, 11) is 0. The molecule has 1 fully saturated rings. The van der Waals surface area contributed by atoms with E-state index in [4.69, 9.17) is 11.6 Å². The summed E-state index contributed by atoms with van der Waals surface area (Å²) in [5.41, 5.74) is 1.31. The molecular formula is C13H18ClNS. The van der Waals surface area contributed by atoms with Crippen molar-refractivity contribution in [2.24, 2.45) is 0 Å². The normalized spacial score (nSPS) is 31.1. The van der Waals surface area contributed by atoms with Gasteiger partial charge in [0.15, 0.2) is 0 Å². The molecule has 1 aliphatic heterocycles. The number of rotatable bonds is 1. The van der Waals surface area contributed by atoms with E-state index in [2.05, 4.69) is 31.3 Å². The molecule has 0 radical (unpaired) electrons. The van der Waals surface area contributed by atoms with Gasteiger partial charge in [-0.3, -0.25) is 0 Å². The van der Waals surface area contributed by atoms with Gasteiger partial charge in [0.2, 0.25) is 0 Å². The van der Waals surface area contributed by atoms with Gasteiger partial charge < -0.3 is 5.32 Å².